The van der Waals surface area contributed by atoms with E-state index in [0.717, 1.165) is 0 Å². The van der Waals surface area contributed by atoms with Crippen LogP contribution in [0, 0.1) is 5.41 Å². The third kappa shape index (κ3) is 3.83. The highest BCUT2D eigenvalue weighted by Crippen LogP contribution is 2.15. The fourth-order valence-electron chi connectivity index (χ4n) is 0.894. The lowest BCUT2D eigenvalue weighted by Crippen LogP contribution is -2.35. The van der Waals surface area contributed by atoms with Gasteiger partial charge < -0.3 is 5.32 Å². The Labute approximate surface area is 94.0 Å². The molecule has 0 aliphatic heterocycles. The molecule has 0 aliphatic rings. The number of halogens is 1. The molecule has 0 saturated heterocycles. The molecule has 0 spiro atoms. The Morgan fingerprint density at radius 1 is 1.53 bits per heavy atom. The van der Waals surface area contributed by atoms with Gasteiger partial charge in [0.1, 0.15) is 0 Å². The van der Waals surface area contributed by atoms with E-state index in [1.165, 1.54) is 12.4 Å². The molecule has 0 aliphatic carbocycles. The number of nitrogens with one attached hydrogen (secondary N) is 1. The van der Waals surface area contributed by atoms with Gasteiger partial charge in [0.05, 0.1) is 18.0 Å². The first-order chi connectivity index (χ1) is 7.05. The molecule has 1 rings (SSSR count). The van der Waals surface area contributed by atoms with E-state index in [-0.39, 0.29) is 11.3 Å². The van der Waals surface area contributed by atoms with E-state index in [0.29, 0.717) is 18.0 Å². The van der Waals surface area contributed by atoms with E-state index in [9.17, 15) is 4.79 Å². The van der Waals surface area contributed by atoms with Crippen molar-refractivity contribution in [3.05, 3.63) is 24.0 Å². The van der Waals surface area contributed by atoms with Crippen molar-refractivity contribution in [2.75, 3.05) is 12.4 Å². The van der Waals surface area contributed by atoms with Crippen LogP contribution in [0.25, 0.3) is 0 Å². The fraction of sp³-hybridized carbons (Fsp3) is 0.500. The Morgan fingerprint density at radius 3 is 2.80 bits per heavy atom. The van der Waals surface area contributed by atoms with E-state index in [1.807, 2.05) is 13.8 Å². The number of rotatable bonds is 4. The first kappa shape index (κ1) is 11.9. The van der Waals surface area contributed by atoms with Crippen LogP contribution in [0.15, 0.2) is 18.5 Å². The average Bonchev–Trinajstić information content (AvgIpc) is 2.27. The summed E-state index contributed by atoms with van der Waals surface area (Å²) in [6.07, 6.45) is 2.92. The highest BCUT2D eigenvalue weighted by molar-refractivity contribution is 6.18. The molecule has 1 heterocycles. The molecule has 4 nitrogen and oxygen atoms in total. The lowest BCUT2D eigenvalue weighted by molar-refractivity contribution is 0.0939. The number of carbonyl (C=O) groups is 1. The summed E-state index contributed by atoms with van der Waals surface area (Å²) in [5, 5.41) is 10.0. The van der Waals surface area contributed by atoms with Gasteiger partial charge in [0, 0.05) is 12.4 Å². The lowest BCUT2D eigenvalue weighted by atomic mass is 9.96. The third-order valence-corrected chi connectivity index (χ3v) is 2.66. The topological polar surface area (TPSA) is 54.9 Å². The second-order valence-corrected chi connectivity index (χ2v) is 4.38. The van der Waals surface area contributed by atoms with Gasteiger partial charge in [0.2, 0.25) is 0 Å². The molecule has 0 bridgehead atoms. The summed E-state index contributed by atoms with van der Waals surface area (Å²) in [5.41, 5.74) is 0.410. The Morgan fingerprint density at radius 2 is 2.27 bits per heavy atom. The summed E-state index contributed by atoms with van der Waals surface area (Å²) >= 11 is 5.75. The number of carbonyl (C=O) groups excluding carboxylic acids is 1. The maximum Gasteiger partial charge on any atom is 0.252 e. The second kappa shape index (κ2) is 5.07. The zero-order chi connectivity index (χ0) is 11.3. The Kier molecular flexibility index (Phi) is 4.03. The number of hydrogen-bond acceptors (Lipinski definition) is 3. The maximum atomic E-state index is 11.6. The van der Waals surface area contributed by atoms with Gasteiger partial charge in [-0.2, -0.15) is 10.2 Å². The van der Waals surface area contributed by atoms with E-state index >= 15 is 0 Å². The van der Waals surface area contributed by atoms with Gasteiger partial charge in [-0.1, -0.05) is 13.8 Å². The molecule has 0 unspecified atom stereocenters. The van der Waals surface area contributed by atoms with Crippen molar-refractivity contribution in [2.45, 2.75) is 13.8 Å². The van der Waals surface area contributed by atoms with Gasteiger partial charge >= 0.3 is 0 Å². The molecule has 0 saturated carbocycles. The van der Waals surface area contributed by atoms with Gasteiger partial charge in [-0.15, -0.1) is 11.6 Å². The smallest absolute Gasteiger partial charge is 0.252 e. The van der Waals surface area contributed by atoms with Crippen LogP contribution in [0.2, 0.25) is 0 Å². The lowest BCUT2D eigenvalue weighted by Gasteiger charge is -2.21. The Bertz CT molecular complexity index is 327. The van der Waals surface area contributed by atoms with Crippen molar-refractivity contribution in [3.63, 3.8) is 0 Å². The molecule has 1 aromatic rings. The Hall–Kier alpha value is -1.16. The molecule has 0 radical (unpaired) electrons. The van der Waals surface area contributed by atoms with Crippen LogP contribution in [0.4, 0.5) is 0 Å². The van der Waals surface area contributed by atoms with Crippen molar-refractivity contribution in [1.29, 1.82) is 0 Å². The SMILES string of the molecule is CC(C)(CCl)CNC(=O)c1ccnnc1. The summed E-state index contributed by atoms with van der Waals surface area (Å²) in [4.78, 5) is 11.6. The number of hydrogen-bond donors (Lipinski definition) is 1. The van der Waals surface area contributed by atoms with Crippen molar-refractivity contribution < 1.29 is 4.79 Å². The van der Waals surface area contributed by atoms with E-state index in [2.05, 4.69) is 15.5 Å². The first-order valence-corrected chi connectivity index (χ1v) is 5.19. The Balaban J connectivity index is 2.51. The van der Waals surface area contributed by atoms with Crippen molar-refractivity contribution in [1.82, 2.24) is 15.5 Å². The van der Waals surface area contributed by atoms with Crippen molar-refractivity contribution in [3.8, 4) is 0 Å². The van der Waals surface area contributed by atoms with Crippen LogP contribution in [0.1, 0.15) is 24.2 Å². The average molecular weight is 228 g/mol. The van der Waals surface area contributed by atoms with E-state index in [1.54, 1.807) is 6.07 Å². The van der Waals surface area contributed by atoms with Crippen LogP contribution in [0.3, 0.4) is 0 Å². The quantitative estimate of drug-likeness (QED) is 0.793. The molecule has 1 amide bonds. The fourth-order valence-corrected chi connectivity index (χ4v) is 0.988. The number of amides is 1. The molecule has 82 valence electrons. The first-order valence-electron chi connectivity index (χ1n) is 4.66. The summed E-state index contributed by atoms with van der Waals surface area (Å²) in [6.45, 7) is 4.52. The molecule has 0 aromatic carbocycles. The molecule has 0 fully saturated rings. The second-order valence-electron chi connectivity index (χ2n) is 4.11. The number of alkyl halides is 1. The van der Waals surface area contributed by atoms with Crippen LogP contribution >= 0.6 is 11.6 Å². The van der Waals surface area contributed by atoms with Gasteiger partial charge in [-0.3, -0.25) is 4.79 Å². The normalized spacial score (nSPS) is 11.1. The third-order valence-electron chi connectivity index (χ3n) is 1.94. The maximum absolute atomic E-state index is 11.6. The van der Waals surface area contributed by atoms with Gasteiger partial charge in [0.15, 0.2) is 0 Å². The predicted octanol–water partition coefficient (Wildman–Crippen LogP) is 1.47. The minimum absolute atomic E-state index is 0.0995. The van der Waals surface area contributed by atoms with Crippen LogP contribution in [-0.2, 0) is 0 Å². The minimum Gasteiger partial charge on any atom is -0.351 e. The monoisotopic (exact) mass is 227 g/mol. The predicted molar refractivity (Wildman–Crippen MR) is 58.9 cm³/mol. The molecular weight excluding hydrogens is 214 g/mol. The largest absolute Gasteiger partial charge is 0.351 e. The molecular formula is C10H14ClN3O. The zero-order valence-electron chi connectivity index (χ0n) is 8.83. The van der Waals surface area contributed by atoms with Crippen LogP contribution < -0.4 is 5.32 Å². The summed E-state index contributed by atoms with van der Waals surface area (Å²) in [5.74, 6) is 0.352. The van der Waals surface area contributed by atoms with E-state index in [4.69, 9.17) is 11.6 Å². The number of nitrogens with zero attached hydrogens (tertiary/aromatic N) is 2. The molecule has 15 heavy (non-hydrogen) atoms. The van der Waals surface area contributed by atoms with Gasteiger partial charge in [-0.25, -0.2) is 0 Å². The summed E-state index contributed by atoms with van der Waals surface area (Å²) in [6, 6.07) is 1.62. The number of aromatic nitrogens is 2. The highest BCUT2D eigenvalue weighted by Gasteiger charge is 2.17. The van der Waals surface area contributed by atoms with E-state index < -0.39 is 0 Å². The molecule has 1 aromatic heterocycles. The van der Waals surface area contributed by atoms with Crippen molar-refractivity contribution in [2.24, 2.45) is 5.41 Å². The molecule has 0 atom stereocenters. The van der Waals surface area contributed by atoms with Crippen LogP contribution in [-0.4, -0.2) is 28.5 Å². The van der Waals surface area contributed by atoms with Gasteiger partial charge in [0.25, 0.3) is 5.91 Å². The van der Waals surface area contributed by atoms with Crippen LogP contribution in [0.5, 0.6) is 0 Å². The standard InChI is InChI=1S/C10H14ClN3O/c1-10(2,6-11)7-12-9(15)8-3-4-13-14-5-8/h3-5H,6-7H2,1-2H3,(H,12,15). The zero-order valence-corrected chi connectivity index (χ0v) is 9.58. The van der Waals surface area contributed by atoms with Gasteiger partial charge in [-0.05, 0) is 11.5 Å². The molecule has 1 N–H and O–H groups in total. The summed E-state index contributed by atoms with van der Waals surface area (Å²) in [7, 11) is 0. The van der Waals surface area contributed by atoms with Crippen molar-refractivity contribution >= 4 is 17.5 Å². The summed E-state index contributed by atoms with van der Waals surface area (Å²) < 4.78 is 0. The minimum atomic E-state index is -0.150. The molecule has 5 heteroatoms. The highest BCUT2D eigenvalue weighted by atomic mass is 35.5.